The number of fused-ring (bicyclic) bond motifs is 12. The summed E-state index contributed by atoms with van der Waals surface area (Å²) in [6, 6.07) is 0. The first kappa shape index (κ1) is 15.5. The minimum Gasteiger partial charge on any atom is -0.459 e. The van der Waals surface area contributed by atoms with Crippen LogP contribution < -0.4 is 0 Å². The van der Waals surface area contributed by atoms with Crippen LogP contribution in [0, 0.1) is 47.3 Å². The molecule has 6 rings (SSSR count). The molecule has 4 bridgehead atoms. The summed E-state index contributed by atoms with van der Waals surface area (Å²) in [6.07, 6.45) is 10.9. The van der Waals surface area contributed by atoms with Crippen molar-refractivity contribution in [3.8, 4) is 0 Å². The van der Waals surface area contributed by atoms with Crippen LogP contribution in [0.5, 0.6) is 0 Å². The van der Waals surface area contributed by atoms with E-state index < -0.39 is 0 Å². The van der Waals surface area contributed by atoms with Crippen LogP contribution in [0.25, 0.3) is 0 Å². The number of esters is 1. The summed E-state index contributed by atoms with van der Waals surface area (Å²) in [5.41, 5.74) is -0.171. The average molecular weight is 344 g/mol. The van der Waals surface area contributed by atoms with E-state index in [9.17, 15) is 4.79 Å². The first-order valence-corrected chi connectivity index (χ1v) is 11.0. The second-order valence-electron chi connectivity index (χ2n) is 10.5. The van der Waals surface area contributed by atoms with Crippen molar-refractivity contribution in [3.63, 3.8) is 0 Å². The molecule has 0 amide bonds. The third kappa shape index (κ3) is 1.94. The summed E-state index contributed by atoms with van der Waals surface area (Å²) in [4.78, 5) is 13.2. The Kier molecular flexibility index (Phi) is 3.11. The Balaban J connectivity index is 1.21. The van der Waals surface area contributed by atoms with Crippen LogP contribution in [0.4, 0.5) is 0 Å². The molecule has 0 spiro atoms. The van der Waals surface area contributed by atoms with Gasteiger partial charge in [-0.05, 0) is 86.4 Å². The SMILES string of the molecule is CC(C)C1(OC(=O)C2CC3CC2C2C4CC(C5OC45)C32)CCCCC1. The van der Waals surface area contributed by atoms with Gasteiger partial charge in [-0.3, -0.25) is 4.79 Å². The van der Waals surface area contributed by atoms with Crippen LogP contribution in [0.2, 0.25) is 0 Å². The van der Waals surface area contributed by atoms with Crippen molar-refractivity contribution in [2.24, 2.45) is 47.3 Å². The molecule has 6 aliphatic rings. The van der Waals surface area contributed by atoms with Crippen molar-refractivity contribution >= 4 is 5.97 Å². The normalized spacial score (nSPS) is 53.8. The van der Waals surface area contributed by atoms with Gasteiger partial charge in [-0.2, -0.15) is 0 Å². The summed E-state index contributed by atoms with van der Waals surface area (Å²) in [5.74, 6) is 5.48. The molecular formula is C22H32O3. The highest BCUT2D eigenvalue weighted by Crippen LogP contribution is 2.73. The molecule has 9 unspecified atom stereocenters. The molecular weight excluding hydrogens is 312 g/mol. The standard InChI is InChI=1S/C22H32O3/c1-11(2)22(6-4-3-5-7-22)25-21(23)14-9-12-8-13(14)18-16-10-15(17(12)18)19-20(16)24-19/h11-20H,3-10H2,1-2H3. The molecule has 1 saturated heterocycles. The quantitative estimate of drug-likeness (QED) is 0.438. The van der Waals surface area contributed by atoms with E-state index in [1.54, 1.807) is 0 Å². The number of carbonyl (C=O) groups is 1. The number of epoxide rings is 1. The summed E-state index contributed by atoms with van der Waals surface area (Å²) in [6.45, 7) is 4.49. The van der Waals surface area contributed by atoms with Gasteiger partial charge in [-0.1, -0.05) is 20.3 Å². The minimum absolute atomic E-state index is 0.164. The number of hydrogen-bond acceptors (Lipinski definition) is 3. The zero-order chi connectivity index (χ0) is 16.9. The van der Waals surface area contributed by atoms with Gasteiger partial charge >= 0.3 is 5.97 Å². The highest BCUT2D eigenvalue weighted by molar-refractivity contribution is 5.74. The third-order valence-electron chi connectivity index (χ3n) is 9.43. The molecule has 9 atom stereocenters. The monoisotopic (exact) mass is 344 g/mol. The van der Waals surface area contributed by atoms with Gasteiger partial charge in [0, 0.05) is 0 Å². The largest absolute Gasteiger partial charge is 0.459 e. The predicted octanol–water partition coefficient (Wildman–Crippen LogP) is 4.19. The lowest BCUT2D eigenvalue weighted by atomic mass is 9.67. The van der Waals surface area contributed by atoms with Crippen molar-refractivity contribution < 1.29 is 14.3 Å². The van der Waals surface area contributed by atoms with Crippen LogP contribution >= 0.6 is 0 Å². The van der Waals surface area contributed by atoms with Gasteiger partial charge in [0.15, 0.2) is 0 Å². The van der Waals surface area contributed by atoms with Crippen molar-refractivity contribution in [2.45, 2.75) is 83.0 Å². The van der Waals surface area contributed by atoms with E-state index >= 15 is 0 Å². The maximum absolute atomic E-state index is 13.2. The van der Waals surface area contributed by atoms with Crippen molar-refractivity contribution in [2.75, 3.05) is 0 Å². The summed E-state index contributed by atoms with van der Waals surface area (Å²) in [7, 11) is 0. The van der Waals surface area contributed by atoms with E-state index in [1.165, 1.54) is 32.1 Å². The first-order chi connectivity index (χ1) is 12.1. The van der Waals surface area contributed by atoms with Crippen molar-refractivity contribution in [3.05, 3.63) is 0 Å². The Bertz CT molecular complexity index is 592. The van der Waals surface area contributed by atoms with E-state index in [4.69, 9.17) is 9.47 Å². The third-order valence-corrected chi connectivity index (χ3v) is 9.43. The molecule has 1 aliphatic heterocycles. The van der Waals surface area contributed by atoms with E-state index in [1.807, 2.05) is 0 Å². The second kappa shape index (κ2) is 5.03. The maximum Gasteiger partial charge on any atom is 0.309 e. The summed E-state index contributed by atoms with van der Waals surface area (Å²) >= 11 is 0. The van der Waals surface area contributed by atoms with Gasteiger partial charge in [0.05, 0.1) is 18.1 Å². The molecule has 25 heavy (non-hydrogen) atoms. The molecule has 138 valence electrons. The Morgan fingerprint density at radius 1 is 0.960 bits per heavy atom. The van der Waals surface area contributed by atoms with Gasteiger partial charge in [-0.25, -0.2) is 0 Å². The second-order valence-corrected chi connectivity index (χ2v) is 10.5. The van der Waals surface area contributed by atoms with Crippen molar-refractivity contribution in [1.82, 2.24) is 0 Å². The van der Waals surface area contributed by atoms with Gasteiger partial charge in [0.2, 0.25) is 0 Å². The molecule has 1 heterocycles. The molecule has 0 aromatic carbocycles. The van der Waals surface area contributed by atoms with Gasteiger partial charge in [-0.15, -0.1) is 0 Å². The first-order valence-electron chi connectivity index (χ1n) is 11.0. The molecule has 0 radical (unpaired) electrons. The zero-order valence-corrected chi connectivity index (χ0v) is 15.7. The maximum atomic E-state index is 13.2. The van der Waals surface area contributed by atoms with Crippen LogP contribution in [0.1, 0.15) is 65.2 Å². The van der Waals surface area contributed by atoms with Gasteiger partial charge < -0.3 is 9.47 Å². The predicted molar refractivity (Wildman–Crippen MR) is 93.7 cm³/mol. The summed E-state index contributed by atoms with van der Waals surface area (Å²) < 4.78 is 12.3. The Morgan fingerprint density at radius 2 is 1.68 bits per heavy atom. The molecule has 0 N–H and O–H groups in total. The van der Waals surface area contributed by atoms with Crippen LogP contribution in [-0.4, -0.2) is 23.8 Å². The van der Waals surface area contributed by atoms with E-state index in [-0.39, 0.29) is 17.5 Å². The van der Waals surface area contributed by atoms with Crippen molar-refractivity contribution in [1.29, 1.82) is 0 Å². The van der Waals surface area contributed by atoms with Crippen LogP contribution in [-0.2, 0) is 14.3 Å². The lowest BCUT2D eigenvalue weighted by molar-refractivity contribution is -0.178. The Morgan fingerprint density at radius 3 is 2.40 bits per heavy atom. The van der Waals surface area contributed by atoms with Gasteiger partial charge in [0.25, 0.3) is 0 Å². The lowest BCUT2D eigenvalue weighted by Crippen LogP contribution is -2.46. The molecule has 3 nitrogen and oxygen atoms in total. The molecule has 3 heteroatoms. The number of rotatable bonds is 3. The Labute approximate surface area is 151 Å². The smallest absolute Gasteiger partial charge is 0.309 e. The highest BCUT2D eigenvalue weighted by atomic mass is 16.6. The molecule has 0 aromatic rings. The molecule has 6 fully saturated rings. The van der Waals surface area contributed by atoms with Crippen LogP contribution in [0.3, 0.4) is 0 Å². The molecule has 0 aromatic heterocycles. The fourth-order valence-corrected chi connectivity index (χ4v) is 8.34. The number of carbonyl (C=O) groups excluding carboxylic acids is 1. The minimum atomic E-state index is -0.171. The number of hydrogen-bond donors (Lipinski definition) is 0. The summed E-state index contributed by atoms with van der Waals surface area (Å²) in [5, 5.41) is 0. The Hall–Kier alpha value is -0.570. The van der Waals surface area contributed by atoms with E-state index in [0.717, 1.165) is 48.9 Å². The average Bonchev–Trinajstić information content (AvgIpc) is 2.95. The fraction of sp³-hybridized carbons (Fsp3) is 0.955. The fourth-order valence-electron chi connectivity index (χ4n) is 8.34. The van der Waals surface area contributed by atoms with E-state index in [2.05, 4.69) is 13.8 Å². The number of ether oxygens (including phenoxy) is 2. The molecule has 5 saturated carbocycles. The topological polar surface area (TPSA) is 38.8 Å². The molecule has 5 aliphatic carbocycles. The van der Waals surface area contributed by atoms with Crippen LogP contribution in [0.15, 0.2) is 0 Å². The van der Waals surface area contributed by atoms with Gasteiger partial charge in [0.1, 0.15) is 5.60 Å². The zero-order valence-electron chi connectivity index (χ0n) is 15.7. The van der Waals surface area contributed by atoms with E-state index in [0.29, 0.717) is 24.0 Å². The highest BCUT2D eigenvalue weighted by Gasteiger charge is 2.74. The lowest BCUT2D eigenvalue weighted by Gasteiger charge is -2.42.